The molecule has 0 aliphatic carbocycles. The van der Waals surface area contributed by atoms with Crippen molar-refractivity contribution in [1.82, 2.24) is 9.80 Å². The number of carbonyl (C=O) groups is 1. The lowest BCUT2D eigenvalue weighted by Crippen LogP contribution is -2.63. The van der Waals surface area contributed by atoms with Crippen LogP contribution in [0.15, 0.2) is 24.3 Å². The van der Waals surface area contributed by atoms with Crippen LogP contribution in [0.5, 0.6) is 0 Å². The molecule has 20 heavy (non-hydrogen) atoms. The number of carbonyl (C=O) groups excluding carboxylic acids is 1. The van der Waals surface area contributed by atoms with Gasteiger partial charge < -0.3 is 15.5 Å². The largest absolute Gasteiger partial charge is 0.399 e. The molecule has 2 aliphatic rings. The van der Waals surface area contributed by atoms with Crippen LogP contribution in [0, 0.1) is 0 Å². The predicted octanol–water partition coefficient (Wildman–Crippen LogP) is 0.621. The number of nitrogen functional groups attached to an aromatic ring is 1. The number of rotatable bonds is 2. The van der Waals surface area contributed by atoms with Gasteiger partial charge in [-0.25, -0.2) is 0 Å². The number of hydrogen-bond acceptors (Lipinski definition) is 4. The molecule has 0 unspecified atom stereocenters. The van der Waals surface area contributed by atoms with Crippen LogP contribution in [0.2, 0.25) is 0 Å². The van der Waals surface area contributed by atoms with Crippen molar-refractivity contribution < 1.29 is 4.79 Å². The van der Waals surface area contributed by atoms with Gasteiger partial charge in [0.05, 0.1) is 0 Å². The Morgan fingerprint density at radius 3 is 2.25 bits per heavy atom. The van der Waals surface area contributed by atoms with Crippen LogP contribution in [0.25, 0.3) is 0 Å². The van der Waals surface area contributed by atoms with E-state index >= 15 is 0 Å². The summed E-state index contributed by atoms with van der Waals surface area (Å²) in [4.78, 5) is 18.0. The molecule has 108 valence electrons. The molecular formula is C15H22N4O. The van der Waals surface area contributed by atoms with Gasteiger partial charge in [0.2, 0.25) is 5.91 Å². The van der Waals surface area contributed by atoms with Gasteiger partial charge >= 0.3 is 0 Å². The van der Waals surface area contributed by atoms with Crippen molar-refractivity contribution in [1.29, 1.82) is 0 Å². The smallest absolute Gasteiger partial charge is 0.219 e. The molecule has 2 fully saturated rings. The quantitative estimate of drug-likeness (QED) is 0.803. The van der Waals surface area contributed by atoms with Crippen molar-refractivity contribution in [3.8, 4) is 0 Å². The molecule has 0 atom stereocenters. The summed E-state index contributed by atoms with van der Waals surface area (Å²) in [5, 5.41) is 0. The van der Waals surface area contributed by atoms with E-state index in [9.17, 15) is 4.79 Å². The summed E-state index contributed by atoms with van der Waals surface area (Å²) >= 11 is 0. The number of hydrogen-bond donors (Lipinski definition) is 1. The molecule has 0 bridgehead atoms. The molecule has 5 heteroatoms. The number of nitrogens with zero attached hydrogens (tertiary/aromatic N) is 3. The fourth-order valence-electron chi connectivity index (χ4n) is 2.97. The van der Waals surface area contributed by atoms with E-state index in [0.29, 0.717) is 6.04 Å². The number of piperazine rings is 1. The van der Waals surface area contributed by atoms with Gasteiger partial charge in [-0.3, -0.25) is 9.69 Å². The molecule has 3 rings (SSSR count). The third-order valence-electron chi connectivity index (χ3n) is 4.40. The monoisotopic (exact) mass is 274 g/mol. The molecular weight excluding hydrogens is 252 g/mol. The third-order valence-corrected chi connectivity index (χ3v) is 4.40. The Morgan fingerprint density at radius 1 is 1.10 bits per heavy atom. The zero-order valence-electron chi connectivity index (χ0n) is 12.0. The second-order valence-electron chi connectivity index (χ2n) is 5.69. The summed E-state index contributed by atoms with van der Waals surface area (Å²) in [6, 6.07) is 8.65. The van der Waals surface area contributed by atoms with Crippen molar-refractivity contribution in [2.75, 3.05) is 49.9 Å². The van der Waals surface area contributed by atoms with Gasteiger partial charge in [0.1, 0.15) is 0 Å². The van der Waals surface area contributed by atoms with E-state index in [1.807, 2.05) is 17.0 Å². The average Bonchev–Trinajstić information content (AvgIpc) is 2.38. The molecule has 5 nitrogen and oxygen atoms in total. The van der Waals surface area contributed by atoms with Gasteiger partial charge in [-0.15, -0.1) is 0 Å². The maximum atomic E-state index is 11.2. The Kier molecular flexibility index (Phi) is 3.53. The molecule has 2 aliphatic heterocycles. The zero-order chi connectivity index (χ0) is 14.1. The van der Waals surface area contributed by atoms with E-state index < -0.39 is 0 Å². The summed E-state index contributed by atoms with van der Waals surface area (Å²) in [5.41, 5.74) is 7.78. The summed E-state index contributed by atoms with van der Waals surface area (Å²) in [6.07, 6.45) is 0. The zero-order valence-corrected chi connectivity index (χ0v) is 12.0. The molecule has 0 saturated carbocycles. The minimum absolute atomic E-state index is 0.196. The van der Waals surface area contributed by atoms with E-state index in [0.717, 1.165) is 45.0 Å². The number of likely N-dealkylation sites (tertiary alicyclic amines) is 1. The highest BCUT2D eigenvalue weighted by Crippen LogP contribution is 2.21. The summed E-state index contributed by atoms with van der Waals surface area (Å²) < 4.78 is 0. The summed E-state index contributed by atoms with van der Waals surface area (Å²) in [7, 11) is 0. The first-order valence-corrected chi connectivity index (χ1v) is 7.23. The summed E-state index contributed by atoms with van der Waals surface area (Å²) in [6.45, 7) is 7.67. The number of amides is 1. The Labute approximate surface area is 119 Å². The van der Waals surface area contributed by atoms with E-state index in [4.69, 9.17) is 5.73 Å². The van der Waals surface area contributed by atoms with Gasteiger partial charge in [0, 0.05) is 63.6 Å². The average molecular weight is 274 g/mol. The molecule has 1 amide bonds. The van der Waals surface area contributed by atoms with E-state index in [2.05, 4.69) is 21.9 Å². The lowest BCUT2D eigenvalue weighted by molar-refractivity contribution is -0.136. The lowest BCUT2D eigenvalue weighted by atomic mass is 10.1. The fourth-order valence-corrected chi connectivity index (χ4v) is 2.97. The van der Waals surface area contributed by atoms with Gasteiger partial charge in [0.15, 0.2) is 0 Å². The lowest BCUT2D eigenvalue weighted by Gasteiger charge is -2.48. The molecule has 2 saturated heterocycles. The van der Waals surface area contributed by atoms with Crippen LogP contribution < -0.4 is 10.6 Å². The second kappa shape index (κ2) is 5.32. The molecule has 2 N–H and O–H groups in total. The Bertz CT molecular complexity index is 473. The molecule has 1 aromatic carbocycles. The maximum Gasteiger partial charge on any atom is 0.219 e. The topological polar surface area (TPSA) is 52.8 Å². The van der Waals surface area contributed by atoms with Crippen LogP contribution in [-0.2, 0) is 4.79 Å². The van der Waals surface area contributed by atoms with Crippen molar-refractivity contribution in [3.05, 3.63) is 24.3 Å². The maximum absolute atomic E-state index is 11.2. The summed E-state index contributed by atoms with van der Waals surface area (Å²) in [5.74, 6) is 0.196. The Balaban J connectivity index is 1.50. The van der Waals surface area contributed by atoms with Crippen LogP contribution in [-0.4, -0.2) is 61.0 Å². The normalized spacial score (nSPS) is 20.9. The molecule has 2 heterocycles. The van der Waals surface area contributed by atoms with Crippen LogP contribution in [0.4, 0.5) is 11.4 Å². The predicted molar refractivity (Wildman–Crippen MR) is 80.7 cm³/mol. The van der Waals surface area contributed by atoms with E-state index in [-0.39, 0.29) is 5.91 Å². The van der Waals surface area contributed by atoms with Crippen molar-refractivity contribution in [2.24, 2.45) is 0 Å². The van der Waals surface area contributed by atoms with Crippen molar-refractivity contribution in [2.45, 2.75) is 13.0 Å². The molecule has 0 aromatic heterocycles. The minimum atomic E-state index is 0.196. The fraction of sp³-hybridized carbons (Fsp3) is 0.533. The Hall–Kier alpha value is -1.75. The van der Waals surface area contributed by atoms with Crippen LogP contribution in [0.3, 0.4) is 0 Å². The highest BCUT2D eigenvalue weighted by Gasteiger charge is 2.34. The van der Waals surface area contributed by atoms with Crippen LogP contribution in [0.1, 0.15) is 6.92 Å². The standard InChI is InChI=1S/C15H22N4O/c1-12(20)19-10-15(11-19)18-8-6-17(7-9-18)14-4-2-13(16)3-5-14/h2-5,15H,6-11,16H2,1H3. The van der Waals surface area contributed by atoms with Crippen molar-refractivity contribution in [3.63, 3.8) is 0 Å². The highest BCUT2D eigenvalue weighted by molar-refractivity contribution is 5.74. The van der Waals surface area contributed by atoms with E-state index in [1.165, 1.54) is 5.69 Å². The minimum Gasteiger partial charge on any atom is -0.399 e. The number of anilines is 2. The van der Waals surface area contributed by atoms with Crippen molar-refractivity contribution >= 4 is 17.3 Å². The third kappa shape index (κ3) is 2.58. The number of benzene rings is 1. The first-order chi connectivity index (χ1) is 9.63. The molecule has 1 aromatic rings. The van der Waals surface area contributed by atoms with Gasteiger partial charge in [-0.1, -0.05) is 0 Å². The first kappa shape index (κ1) is 13.2. The van der Waals surface area contributed by atoms with Gasteiger partial charge in [0.25, 0.3) is 0 Å². The molecule has 0 spiro atoms. The van der Waals surface area contributed by atoms with Gasteiger partial charge in [-0.2, -0.15) is 0 Å². The van der Waals surface area contributed by atoms with Gasteiger partial charge in [-0.05, 0) is 24.3 Å². The van der Waals surface area contributed by atoms with Crippen LogP contribution >= 0.6 is 0 Å². The number of nitrogens with two attached hydrogens (primary N) is 1. The van der Waals surface area contributed by atoms with E-state index in [1.54, 1.807) is 6.92 Å². The first-order valence-electron chi connectivity index (χ1n) is 7.23. The highest BCUT2D eigenvalue weighted by atomic mass is 16.2. The Morgan fingerprint density at radius 2 is 1.70 bits per heavy atom. The SMILES string of the molecule is CC(=O)N1CC(N2CCN(c3ccc(N)cc3)CC2)C1. The molecule has 0 radical (unpaired) electrons. The second-order valence-corrected chi connectivity index (χ2v) is 5.69.